The minimum atomic E-state index is -0.371. The van der Waals surface area contributed by atoms with Crippen LogP contribution < -0.4 is 10.1 Å². The highest BCUT2D eigenvalue weighted by Crippen LogP contribution is 2.28. The molecule has 0 unspecified atom stereocenters. The second kappa shape index (κ2) is 8.31. The summed E-state index contributed by atoms with van der Waals surface area (Å²) in [6, 6.07) is 11.7. The van der Waals surface area contributed by atoms with E-state index < -0.39 is 0 Å². The molecular weight excluding hydrogens is 464 g/mol. The number of amides is 1. The first-order valence-electron chi connectivity index (χ1n) is 7.30. The molecule has 1 amide bonds. The number of rotatable bonds is 5. The first-order valence-corrected chi connectivity index (χ1v) is 9.23. The van der Waals surface area contributed by atoms with E-state index in [4.69, 9.17) is 39.5 Å². The molecule has 0 radical (unpaired) electrons. The van der Waals surface area contributed by atoms with E-state index in [1.807, 2.05) is 6.07 Å². The molecule has 1 N–H and O–H groups in total. The standard InChI is InChI=1S/C17H11BrCl3N3O2/c18-10-1-4-16(14(21)7-10)26-9-24-6-5-15(23-24)17(25)22-11-2-3-12(19)13(20)8-11/h1-8H,9H2,(H,22,25). The van der Waals surface area contributed by atoms with Crippen molar-refractivity contribution in [2.24, 2.45) is 0 Å². The summed E-state index contributed by atoms with van der Waals surface area (Å²) < 4.78 is 7.95. The third-order valence-electron chi connectivity index (χ3n) is 3.30. The van der Waals surface area contributed by atoms with Crippen LogP contribution in [0.2, 0.25) is 15.1 Å². The third-order valence-corrected chi connectivity index (χ3v) is 4.82. The highest BCUT2D eigenvalue weighted by atomic mass is 79.9. The third kappa shape index (κ3) is 4.71. The molecule has 1 aromatic heterocycles. The topological polar surface area (TPSA) is 56.2 Å². The minimum absolute atomic E-state index is 0.113. The summed E-state index contributed by atoms with van der Waals surface area (Å²) in [6.07, 6.45) is 1.64. The Balaban J connectivity index is 1.63. The predicted octanol–water partition coefficient (Wildman–Crippen LogP) is 5.89. The van der Waals surface area contributed by atoms with Gasteiger partial charge in [-0.05, 0) is 42.5 Å². The lowest BCUT2D eigenvalue weighted by atomic mass is 10.3. The Labute approximate surface area is 172 Å². The van der Waals surface area contributed by atoms with Gasteiger partial charge in [-0.25, -0.2) is 4.68 Å². The van der Waals surface area contributed by atoms with Gasteiger partial charge in [0.1, 0.15) is 5.75 Å². The second-order valence-electron chi connectivity index (χ2n) is 5.17. The molecule has 0 fully saturated rings. The SMILES string of the molecule is O=C(Nc1ccc(Cl)c(Cl)c1)c1ccn(COc2ccc(Br)cc2Cl)n1. The van der Waals surface area contributed by atoms with Crippen molar-refractivity contribution >= 4 is 62.3 Å². The van der Waals surface area contributed by atoms with Crippen LogP contribution in [0, 0.1) is 0 Å². The number of halogens is 4. The van der Waals surface area contributed by atoms with Gasteiger partial charge in [-0.2, -0.15) is 5.10 Å². The Morgan fingerprint density at radius 1 is 1.08 bits per heavy atom. The Kier molecular flexibility index (Phi) is 6.09. The molecule has 134 valence electrons. The fraction of sp³-hybridized carbons (Fsp3) is 0.0588. The average molecular weight is 476 g/mol. The number of benzene rings is 2. The minimum Gasteiger partial charge on any atom is -0.470 e. The monoisotopic (exact) mass is 473 g/mol. The van der Waals surface area contributed by atoms with E-state index in [1.165, 1.54) is 4.68 Å². The lowest BCUT2D eigenvalue weighted by Crippen LogP contribution is -2.14. The number of nitrogens with one attached hydrogen (secondary N) is 1. The zero-order valence-corrected chi connectivity index (χ0v) is 16.9. The molecule has 3 rings (SSSR count). The summed E-state index contributed by atoms with van der Waals surface area (Å²) in [4.78, 5) is 12.3. The molecule has 26 heavy (non-hydrogen) atoms. The van der Waals surface area contributed by atoms with E-state index in [0.717, 1.165) is 4.47 Å². The summed E-state index contributed by atoms with van der Waals surface area (Å²) in [5, 5.41) is 8.13. The Bertz CT molecular complexity index is 962. The van der Waals surface area contributed by atoms with Gasteiger partial charge in [0, 0.05) is 16.4 Å². The van der Waals surface area contributed by atoms with E-state index in [9.17, 15) is 4.79 Å². The summed E-state index contributed by atoms with van der Waals surface area (Å²) in [7, 11) is 0. The van der Waals surface area contributed by atoms with Crippen LogP contribution in [0.3, 0.4) is 0 Å². The summed E-state index contributed by atoms with van der Waals surface area (Å²) in [5.74, 6) is 0.149. The van der Waals surface area contributed by atoms with E-state index in [-0.39, 0.29) is 18.3 Å². The zero-order chi connectivity index (χ0) is 18.7. The summed E-state index contributed by atoms with van der Waals surface area (Å²) >= 11 is 21.2. The normalized spacial score (nSPS) is 10.6. The number of hydrogen-bond acceptors (Lipinski definition) is 3. The van der Waals surface area contributed by atoms with Crippen LogP contribution in [-0.2, 0) is 6.73 Å². The molecule has 0 atom stereocenters. The molecule has 3 aromatic rings. The quantitative estimate of drug-likeness (QED) is 0.500. The number of anilines is 1. The summed E-state index contributed by atoms with van der Waals surface area (Å²) in [5.41, 5.74) is 0.762. The van der Waals surface area contributed by atoms with Gasteiger partial charge in [0.2, 0.25) is 0 Å². The highest BCUT2D eigenvalue weighted by Gasteiger charge is 2.11. The van der Waals surface area contributed by atoms with Crippen LogP contribution in [0.1, 0.15) is 10.5 Å². The largest absolute Gasteiger partial charge is 0.470 e. The smallest absolute Gasteiger partial charge is 0.276 e. The van der Waals surface area contributed by atoms with Gasteiger partial charge in [-0.1, -0.05) is 50.7 Å². The first-order chi connectivity index (χ1) is 12.4. The molecule has 0 spiro atoms. The molecule has 2 aromatic carbocycles. The Morgan fingerprint density at radius 2 is 1.88 bits per heavy atom. The molecule has 0 bridgehead atoms. The van der Waals surface area contributed by atoms with Gasteiger partial charge in [0.05, 0.1) is 15.1 Å². The van der Waals surface area contributed by atoms with E-state index in [1.54, 1.807) is 42.6 Å². The summed E-state index contributed by atoms with van der Waals surface area (Å²) in [6.45, 7) is 0.113. The van der Waals surface area contributed by atoms with Crippen LogP contribution in [0.15, 0.2) is 53.1 Å². The predicted molar refractivity (Wildman–Crippen MR) is 106 cm³/mol. The number of ether oxygens (including phenoxy) is 1. The molecule has 9 heteroatoms. The van der Waals surface area contributed by atoms with Crippen molar-refractivity contribution in [3.63, 3.8) is 0 Å². The van der Waals surface area contributed by atoms with Crippen molar-refractivity contribution in [2.45, 2.75) is 6.73 Å². The van der Waals surface area contributed by atoms with E-state index in [2.05, 4.69) is 26.3 Å². The molecule has 0 aliphatic heterocycles. The van der Waals surface area contributed by atoms with Crippen molar-refractivity contribution in [2.75, 3.05) is 5.32 Å². The first kappa shape index (κ1) is 19.0. The Morgan fingerprint density at radius 3 is 2.62 bits per heavy atom. The Hall–Kier alpha value is -1.73. The average Bonchev–Trinajstić information content (AvgIpc) is 3.06. The van der Waals surface area contributed by atoms with Crippen LogP contribution in [0.25, 0.3) is 0 Å². The van der Waals surface area contributed by atoms with Crippen LogP contribution in [0.5, 0.6) is 5.75 Å². The fourth-order valence-electron chi connectivity index (χ4n) is 2.05. The van der Waals surface area contributed by atoms with Gasteiger partial charge in [-0.3, -0.25) is 4.79 Å². The van der Waals surface area contributed by atoms with Crippen LogP contribution in [-0.4, -0.2) is 15.7 Å². The highest BCUT2D eigenvalue weighted by molar-refractivity contribution is 9.10. The number of hydrogen-bond donors (Lipinski definition) is 1. The van der Waals surface area contributed by atoms with Crippen LogP contribution in [0.4, 0.5) is 5.69 Å². The molecular formula is C17H11BrCl3N3O2. The van der Waals surface area contributed by atoms with Crippen molar-refractivity contribution in [1.29, 1.82) is 0 Å². The lowest BCUT2D eigenvalue weighted by molar-refractivity contribution is 0.102. The molecule has 0 saturated carbocycles. The number of nitrogens with zero attached hydrogens (tertiary/aromatic N) is 2. The second-order valence-corrected chi connectivity index (χ2v) is 7.31. The number of carbonyl (C=O) groups excluding carboxylic acids is 1. The van der Waals surface area contributed by atoms with Gasteiger partial charge in [-0.15, -0.1) is 0 Å². The lowest BCUT2D eigenvalue weighted by Gasteiger charge is -2.08. The van der Waals surface area contributed by atoms with Crippen molar-refractivity contribution < 1.29 is 9.53 Å². The van der Waals surface area contributed by atoms with Gasteiger partial charge < -0.3 is 10.1 Å². The molecule has 0 aliphatic carbocycles. The molecule has 0 saturated heterocycles. The van der Waals surface area contributed by atoms with Crippen molar-refractivity contribution in [3.05, 3.63) is 73.9 Å². The van der Waals surface area contributed by atoms with Crippen molar-refractivity contribution in [3.8, 4) is 5.75 Å². The van der Waals surface area contributed by atoms with Crippen molar-refractivity contribution in [1.82, 2.24) is 9.78 Å². The molecule has 0 aliphatic rings. The van der Waals surface area contributed by atoms with Gasteiger partial charge >= 0.3 is 0 Å². The fourth-order valence-corrected chi connectivity index (χ4v) is 3.08. The maximum Gasteiger partial charge on any atom is 0.276 e. The van der Waals surface area contributed by atoms with Gasteiger partial charge in [0.25, 0.3) is 5.91 Å². The molecule has 1 heterocycles. The zero-order valence-electron chi connectivity index (χ0n) is 13.0. The number of aromatic nitrogens is 2. The maximum atomic E-state index is 12.3. The van der Waals surface area contributed by atoms with Gasteiger partial charge in [0.15, 0.2) is 12.4 Å². The van der Waals surface area contributed by atoms with Crippen LogP contribution >= 0.6 is 50.7 Å². The van der Waals surface area contributed by atoms with E-state index in [0.29, 0.717) is 26.5 Å². The van der Waals surface area contributed by atoms with E-state index >= 15 is 0 Å². The number of carbonyl (C=O) groups is 1. The molecule has 5 nitrogen and oxygen atoms in total. The maximum absolute atomic E-state index is 12.3.